The lowest BCUT2D eigenvalue weighted by Crippen LogP contribution is -2.35. The van der Waals surface area contributed by atoms with E-state index < -0.39 is 5.91 Å². The standard InChI is InChI=1S/C18H14N4OS3/c1-24-12-6-4-11(5-7-12)9-14-16(19)22-18(20-17(14)23)26-15(21-22)10-13-3-2-8-25-13/h2-9,19H,10H2,1H3/b14-9+,19-16?. The van der Waals surface area contributed by atoms with Gasteiger partial charge in [-0.1, -0.05) is 18.2 Å². The molecule has 2 aliphatic rings. The highest BCUT2D eigenvalue weighted by molar-refractivity contribution is 8.27. The lowest BCUT2D eigenvalue weighted by molar-refractivity contribution is -0.114. The first-order valence-corrected chi connectivity index (χ1v) is 10.7. The average molecular weight is 399 g/mol. The van der Waals surface area contributed by atoms with Gasteiger partial charge in [0.2, 0.25) is 5.17 Å². The van der Waals surface area contributed by atoms with Crippen LogP contribution in [-0.2, 0) is 11.2 Å². The Balaban J connectivity index is 1.60. The van der Waals surface area contributed by atoms with Gasteiger partial charge in [0.15, 0.2) is 5.84 Å². The zero-order chi connectivity index (χ0) is 18.1. The fraction of sp³-hybridized carbons (Fsp3) is 0.111. The Labute approximate surface area is 163 Å². The molecule has 1 amide bonds. The number of fused-ring (bicyclic) bond motifs is 1. The molecule has 26 heavy (non-hydrogen) atoms. The lowest BCUT2D eigenvalue weighted by atomic mass is 10.1. The number of amidine groups is 2. The number of carbonyl (C=O) groups excluding carboxylic acids is 1. The van der Waals surface area contributed by atoms with Crippen LogP contribution in [0.4, 0.5) is 0 Å². The van der Waals surface area contributed by atoms with Gasteiger partial charge in [-0.25, -0.2) is 0 Å². The highest BCUT2D eigenvalue weighted by Crippen LogP contribution is 2.30. The molecule has 0 saturated heterocycles. The van der Waals surface area contributed by atoms with Crippen LogP contribution < -0.4 is 0 Å². The molecular weight excluding hydrogens is 384 g/mol. The molecule has 0 bridgehead atoms. The Morgan fingerprint density at radius 3 is 2.77 bits per heavy atom. The van der Waals surface area contributed by atoms with Gasteiger partial charge in [-0.15, -0.1) is 23.1 Å². The Kier molecular flexibility index (Phi) is 4.80. The number of amides is 1. The molecule has 1 aromatic carbocycles. The van der Waals surface area contributed by atoms with Crippen LogP contribution in [0.5, 0.6) is 0 Å². The van der Waals surface area contributed by atoms with Gasteiger partial charge in [0, 0.05) is 16.2 Å². The number of rotatable bonds is 4. The first-order valence-electron chi connectivity index (χ1n) is 7.79. The molecule has 130 valence electrons. The summed E-state index contributed by atoms with van der Waals surface area (Å²) in [4.78, 5) is 18.9. The number of hydrogen-bond donors (Lipinski definition) is 1. The molecule has 4 rings (SSSR count). The fourth-order valence-corrected chi connectivity index (χ4v) is 4.65. The number of thiophene rings is 1. The van der Waals surface area contributed by atoms with Crippen LogP contribution in [0, 0.1) is 5.41 Å². The summed E-state index contributed by atoms with van der Waals surface area (Å²) in [5, 5.41) is 17.7. The smallest absolute Gasteiger partial charge is 0.282 e. The van der Waals surface area contributed by atoms with Gasteiger partial charge in [-0.2, -0.15) is 15.1 Å². The van der Waals surface area contributed by atoms with E-state index in [1.807, 2.05) is 48.0 Å². The van der Waals surface area contributed by atoms with Crippen LogP contribution in [0.1, 0.15) is 10.4 Å². The van der Waals surface area contributed by atoms with Crippen molar-refractivity contribution in [2.45, 2.75) is 11.3 Å². The molecule has 0 aliphatic carbocycles. The summed E-state index contributed by atoms with van der Waals surface area (Å²) in [5.41, 5.74) is 1.12. The number of benzene rings is 1. The SMILES string of the molecule is CSc1ccc(/C=C2\C(=N)N3N=C(Cc4cccs4)SC3=NC2=O)cc1. The van der Waals surface area contributed by atoms with E-state index in [0.717, 1.165) is 15.5 Å². The van der Waals surface area contributed by atoms with Crippen molar-refractivity contribution in [3.63, 3.8) is 0 Å². The number of hydrogen-bond acceptors (Lipinski definition) is 6. The molecule has 5 nitrogen and oxygen atoms in total. The van der Waals surface area contributed by atoms with Gasteiger partial charge in [0.1, 0.15) is 5.04 Å². The largest absolute Gasteiger partial charge is 0.283 e. The Morgan fingerprint density at radius 1 is 1.27 bits per heavy atom. The minimum atomic E-state index is -0.393. The summed E-state index contributed by atoms with van der Waals surface area (Å²) in [6.45, 7) is 0. The Bertz CT molecular complexity index is 959. The summed E-state index contributed by atoms with van der Waals surface area (Å²) in [6.07, 6.45) is 4.40. The van der Waals surface area contributed by atoms with Crippen molar-refractivity contribution in [2.24, 2.45) is 10.1 Å². The first kappa shape index (κ1) is 17.3. The highest BCUT2D eigenvalue weighted by Gasteiger charge is 2.35. The molecule has 0 unspecified atom stereocenters. The molecule has 0 saturated carbocycles. The van der Waals surface area contributed by atoms with Crippen LogP contribution in [0.2, 0.25) is 0 Å². The van der Waals surface area contributed by atoms with E-state index in [-0.39, 0.29) is 11.4 Å². The van der Waals surface area contributed by atoms with E-state index in [1.165, 1.54) is 21.6 Å². The summed E-state index contributed by atoms with van der Waals surface area (Å²) in [5.74, 6) is -0.321. The second-order valence-corrected chi connectivity index (χ2v) is 8.50. The maximum absolute atomic E-state index is 12.4. The fourth-order valence-electron chi connectivity index (χ4n) is 2.53. The molecule has 2 aromatic rings. The van der Waals surface area contributed by atoms with Crippen LogP contribution in [-0.4, -0.2) is 33.2 Å². The minimum Gasteiger partial charge on any atom is -0.282 e. The maximum atomic E-state index is 12.4. The first-order chi connectivity index (χ1) is 12.6. The lowest BCUT2D eigenvalue weighted by Gasteiger charge is -2.20. The van der Waals surface area contributed by atoms with E-state index in [9.17, 15) is 4.79 Å². The third-order valence-electron chi connectivity index (χ3n) is 3.83. The third-order valence-corrected chi connectivity index (χ3v) is 6.36. The van der Waals surface area contributed by atoms with Crippen LogP contribution in [0.3, 0.4) is 0 Å². The quantitative estimate of drug-likeness (QED) is 0.615. The van der Waals surface area contributed by atoms with Crippen molar-refractivity contribution in [2.75, 3.05) is 6.26 Å². The Morgan fingerprint density at radius 2 is 2.08 bits per heavy atom. The topological polar surface area (TPSA) is 68.9 Å². The molecule has 2 aliphatic heterocycles. The highest BCUT2D eigenvalue weighted by atomic mass is 32.2. The van der Waals surface area contributed by atoms with Gasteiger partial charge in [-0.05, 0) is 53.2 Å². The van der Waals surface area contributed by atoms with Gasteiger partial charge < -0.3 is 0 Å². The van der Waals surface area contributed by atoms with Gasteiger partial charge in [0.05, 0.1) is 5.57 Å². The van der Waals surface area contributed by atoms with E-state index in [0.29, 0.717) is 11.6 Å². The van der Waals surface area contributed by atoms with Gasteiger partial charge in [-0.3, -0.25) is 10.2 Å². The van der Waals surface area contributed by atoms with Gasteiger partial charge in [0.25, 0.3) is 5.91 Å². The second kappa shape index (κ2) is 7.22. The van der Waals surface area contributed by atoms with Crippen LogP contribution in [0.25, 0.3) is 6.08 Å². The predicted molar refractivity (Wildman–Crippen MR) is 111 cm³/mol. The average Bonchev–Trinajstić information content (AvgIpc) is 3.29. The molecule has 1 aromatic heterocycles. The van der Waals surface area contributed by atoms with E-state index >= 15 is 0 Å². The zero-order valence-corrected chi connectivity index (χ0v) is 16.3. The summed E-state index contributed by atoms with van der Waals surface area (Å²) in [6, 6.07) is 11.9. The second-order valence-electron chi connectivity index (χ2n) is 5.54. The molecular formula is C18H14N4OS3. The van der Waals surface area contributed by atoms with Crippen molar-refractivity contribution in [1.82, 2.24) is 5.01 Å². The number of aliphatic imine (C=N–C) groups is 1. The van der Waals surface area contributed by atoms with Crippen LogP contribution >= 0.6 is 34.9 Å². The van der Waals surface area contributed by atoms with E-state index in [1.54, 1.807) is 29.2 Å². The van der Waals surface area contributed by atoms with Crippen molar-refractivity contribution in [1.29, 1.82) is 5.41 Å². The van der Waals surface area contributed by atoms with Gasteiger partial charge >= 0.3 is 0 Å². The van der Waals surface area contributed by atoms with Crippen LogP contribution in [0.15, 0.2) is 62.3 Å². The van der Waals surface area contributed by atoms with Crippen molar-refractivity contribution in [3.05, 3.63) is 57.8 Å². The van der Waals surface area contributed by atoms with Crippen molar-refractivity contribution >= 4 is 62.9 Å². The molecule has 0 spiro atoms. The molecule has 0 radical (unpaired) electrons. The predicted octanol–water partition coefficient (Wildman–Crippen LogP) is 4.33. The summed E-state index contributed by atoms with van der Waals surface area (Å²) >= 11 is 4.68. The molecule has 8 heteroatoms. The van der Waals surface area contributed by atoms with Crippen molar-refractivity contribution in [3.8, 4) is 0 Å². The van der Waals surface area contributed by atoms with Crippen molar-refractivity contribution < 1.29 is 4.79 Å². The number of nitrogens with one attached hydrogen (secondary N) is 1. The number of hydrazone groups is 1. The minimum absolute atomic E-state index is 0.0719. The molecule has 0 atom stereocenters. The zero-order valence-electron chi connectivity index (χ0n) is 13.8. The Hall–Kier alpha value is -2.16. The van der Waals surface area contributed by atoms with E-state index in [2.05, 4.69) is 10.1 Å². The molecule has 1 N–H and O–H groups in total. The monoisotopic (exact) mass is 398 g/mol. The number of carbonyl (C=O) groups is 1. The molecule has 3 heterocycles. The number of thioether (sulfide) groups is 2. The summed E-state index contributed by atoms with van der Waals surface area (Å²) in [7, 11) is 0. The molecule has 0 fully saturated rings. The summed E-state index contributed by atoms with van der Waals surface area (Å²) < 4.78 is 0. The normalized spacial score (nSPS) is 18.2. The maximum Gasteiger partial charge on any atom is 0.283 e. The number of nitrogens with zero attached hydrogens (tertiary/aromatic N) is 3. The van der Waals surface area contributed by atoms with E-state index in [4.69, 9.17) is 5.41 Å². The third kappa shape index (κ3) is 3.40.